The van der Waals surface area contributed by atoms with Gasteiger partial charge in [-0.05, 0) is 35.0 Å². The maximum Gasteiger partial charge on any atom is 0.243 e. The Morgan fingerprint density at radius 2 is 1.75 bits per heavy atom. The number of benzene rings is 3. The number of sulfonamides is 1. The molecule has 0 atom stereocenters. The first-order chi connectivity index (χ1) is 15.4. The van der Waals surface area contributed by atoms with Crippen molar-refractivity contribution < 1.29 is 27.4 Å². The summed E-state index contributed by atoms with van der Waals surface area (Å²) in [7, 11) is -2.50. The fourth-order valence-corrected chi connectivity index (χ4v) is 4.47. The highest BCUT2D eigenvalue weighted by Crippen LogP contribution is 2.32. The predicted molar refractivity (Wildman–Crippen MR) is 120 cm³/mol. The molecule has 0 aromatic heterocycles. The Bertz CT molecular complexity index is 1230. The summed E-state index contributed by atoms with van der Waals surface area (Å²) in [5.41, 5.74) is 0. The quantitative estimate of drug-likeness (QED) is 0.523. The predicted octanol–water partition coefficient (Wildman–Crippen LogP) is 2.43. The first kappa shape index (κ1) is 21.9. The number of amides is 1. The number of likely N-dealkylation sites (N-methyl/N-ethyl adjacent to an activating group) is 1. The standard InChI is InChI=1S/C23H24N2O6S/c1-25(32(27,28)20-8-9-21-22(15-20)31-13-12-30-21)16-23(26)24-10-11-29-19-7-6-17-4-2-3-5-18(17)14-19/h2-9,14-15H,10-13,16H2,1H3,(H,24,26). The van der Waals surface area contributed by atoms with Gasteiger partial charge in [0.15, 0.2) is 11.5 Å². The van der Waals surface area contributed by atoms with Crippen molar-refractivity contribution in [2.75, 3.05) is 40.0 Å². The average molecular weight is 457 g/mol. The Morgan fingerprint density at radius 3 is 2.56 bits per heavy atom. The van der Waals surface area contributed by atoms with E-state index in [-0.39, 0.29) is 24.6 Å². The molecular formula is C23H24N2O6S. The number of carbonyl (C=O) groups is 1. The number of nitrogens with zero attached hydrogens (tertiary/aromatic N) is 1. The summed E-state index contributed by atoms with van der Waals surface area (Å²) in [6.07, 6.45) is 0. The molecule has 8 nitrogen and oxygen atoms in total. The van der Waals surface area contributed by atoms with Crippen molar-refractivity contribution in [3.8, 4) is 17.2 Å². The maximum absolute atomic E-state index is 12.8. The molecule has 0 saturated carbocycles. The van der Waals surface area contributed by atoms with Crippen LogP contribution < -0.4 is 19.5 Å². The molecule has 168 valence electrons. The first-order valence-corrected chi connectivity index (χ1v) is 11.6. The van der Waals surface area contributed by atoms with E-state index in [1.807, 2.05) is 42.5 Å². The number of rotatable bonds is 8. The van der Waals surface area contributed by atoms with E-state index in [9.17, 15) is 13.2 Å². The maximum atomic E-state index is 12.8. The van der Waals surface area contributed by atoms with Crippen molar-refractivity contribution in [1.82, 2.24) is 9.62 Å². The summed E-state index contributed by atoms with van der Waals surface area (Å²) >= 11 is 0. The van der Waals surface area contributed by atoms with Crippen LogP contribution in [-0.4, -0.2) is 58.6 Å². The lowest BCUT2D eigenvalue weighted by Gasteiger charge is -2.21. The number of nitrogens with one attached hydrogen (secondary N) is 1. The van der Waals surface area contributed by atoms with Crippen LogP contribution >= 0.6 is 0 Å². The second-order valence-corrected chi connectivity index (χ2v) is 9.32. The Balaban J connectivity index is 1.27. The fourth-order valence-electron chi connectivity index (χ4n) is 3.32. The Hall–Kier alpha value is -3.30. The zero-order chi connectivity index (χ0) is 22.6. The van der Waals surface area contributed by atoms with Crippen LogP contribution in [0.4, 0.5) is 0 Å². The molecule has 0 spiro atoms. The molecule has 1 N–H and O–H groups in total. The number of hydrogen-bond acceptors (Lipinski definition) is 6. The van der Waals surface area contributed by atoms with Crippen LogP contribution in [0.2, 0.25) is 0 Å². The van der Waals surface area contributed by atoms with E-state index < -0.39 is 15.9 Å². The summed E-state index contributed by atoms with van der Waals surface area (Å²) in [5, 5.41) is 4.87. The van der Waals surface area contributed by atoms with Crippen molar-refractivity contribution in [2.24, 2.45) is 0 Å². The number of ether oxygens (including phenoxy) is 3. The van der Waals surface area contributed by atoms with Crippen LogP contribution in [-0.2, 0) is 14.8 Å². The molecule has 1 heterocycles. The molecule has 0 unspecified atom stereocenters. The third kappa shape index (κ3) is 4.95. The minimum Gasteiger partial charge on any atom is -0.492 e. The van der Waals surface area contributed by atoms with Crippen molar-refractivity contribution in [3.05, 3.63) is 60.7 Å². The van der Waals surface area contributed by atoms with Gasteiger partial charge in [-0.15, -0.1) is 0 Å². The zero-order valence-electron chi connectivity index (χ0n) is 17.6. The van der Waals surface area contributed by atoms with Gasteiger partial charge in [-0.3, -0.25) is 4.79 Å². The normalized spacial score (nSPS) is 13.2. The highest BCUT2D eigenvalue weighted by molar-refractivity contribution is 7.89. The zero-order valence-corrected chi connectivity index (χ0v) is 18.4. The molecular weight excluding hydrogens is 432 g/mol. The number of carbonyl (C=O) groups excluding carboxylic acids is 1. The van der Waals surface area contributed by atoms with Gasteiger partial charge in [0.1, 0.15) is 25.6 Å². The van der Waals surface area contributed by atoms with Crippen LogP contribution in [0.5, 0.6) is 17.2 Å². The molecule has 1 aliphatic rings. The lowest BCUT2D eigenvalue weighted by atomic mass is 10.1. The van der Waals surface area contributed by atoms with E-state index in [0.717, 1.165) is 15.1 Å². The van der Waals surface area contributed by atoms with E-state index in [4.69, 9.17) is 14.2 Å². The van der Waals surface area contributed by atoms with Crippen molar-refractivity contribution >= 4 is 26.7 Å². The van der Waals surface area contributed by atoms with Crippen LogP contribution in [0.1, 0.15) is 0 Å². The molecule has 4 rings (SSSR count). The third-order valence-corrected chi connectivity index (χ3v) is 6.80. The molecule has 0 saturated heterocycles. The van der Waals surface area contributed by atoms with E-state index in [1.165, 1.54) is 19.2 Å². The average Bonchev–Trinajstić information content (AvgIpc) is 2.81. The second-order valence-electron chi connectivity index (χ2n) is 7.27. The fraction of sp³-hybridized carbons (Fsp3) is 0.261. The van der Waals surface area contributed by atoms with Crippen molar-refractivity contribution in [1.29, 1.82) is 0 Å². The van der Waals surface area contributed by atoms with Crippen molar-refractivity contribution in [3.63, 3.8) is 0 Å². The van der Waals surface area contributed by atoms with E-state index >= 15 is 0 Å². The molecule has 1 amide bonds. The molecule has 9 heteroatoms. The molecule has 0 bridgehead atoms. The molecule has 0 radical (unpaired) electrons. The van der Waals surface area contributed by atoms with Crippen LogP contribution in [0.25, 0.3) is 10.8 Å². The third-order valence-electron chi connectivity index (χ3n) is 5.00. The number of hydrogen-bond donors (Lipinski definition) is 1. The van der Waals surface area contributed by atoms with Crippen LogP contribution in [0.15, 0.2) is 65.6 Å². The Morgan fingerprint density at radius 1 is 1.00 bits per heavy atom. The lowest BCUT2D eigenvalue weighted by Crippen LogP contribution is -2.39. The summed E-state index contributed by atoms with van der Waals surface area (Å²) < 4.78 is 43.1. The summed E-state index contributed by atoms with van der Waals surface area (Å²) in [5.74, 6) is 1.16. The minimum absolute atomic E-state index is 0.0386. The van der Waals surface area contributed by atoms with E-state index in [1.54, 1.807) is 6.07 Å². The van der Waals surface area contributed by atoms with Gasteiger partial charge in [0, 0.05) is 13.1 Å². The molecule has 0 aliphatic carbocycles. The van der Waals surface area contributed by atoms with Gasteiger partial charge in [-0.25, -0.2) is 8.42 Å². The van der Waals surface area contributed by atoms with Gasteiger partial charge in [-0.2, -0.15) is 4.31 Å². The lowest BCUT2D eigenvalue weighted by molar-refractivity contribution is -0.121. The SMILES string of the molecule is CN(CC(=O)NCCOc1ccc2ccccc2c1)S(=O)(=O)c1ccc2c(c1)OCCO2. The van der Waals surface area contributed by atoms with Gasteiger partial charge in [0.25, 0.3) is 0 Å². The molecule has 3 aromatic carbocycles. The largest absolute Gasteiger partial charge is 0.492 e. The van der Waals surface area contributed by atoms with Crippen LogP contribution in [0.3, 0.4) is 0 Å². The van der Waals surface area contributed by atoms with Gasteiger partial charge in [0.2, 0.25) is 15.9 Å². The van der Waals surface area contributed by atoms with E-state index in [2.05, 4.69) is 5.32 Å². The monoisotopic (exact) mass is 456 g/mol. The molecule has 3 aromatic rings. The number of fused-ring (bicyclic) bond motifs is 2. The highest BCUT2D eigenvalue weighted by Gasteiger charge is 2.25. The smallest absolute Gasteiger partial charge is 0.243 e. The molecule has 0 fully saturated rings. The first-order valence-electron chi connectivity index (χ1n) is 10.2. The Labute approximate surface area is 186 Å². The second kappa shape index (κ2) is 9.46. The topological polar surface area (TPSA) is 94.2 Å². The summed E-state index contributed by atoms with van der Waals surface area (Å²) in [4.78, 5) is 12.3. The van der Waals surface area contributed by atoms with Crippen molar-refractivity contribution in [2.45, 2.75) is 4.90 Å². The van der Waals surface area contributed by atoms with Gasteiger partial charge < -0.3 is 19.5 Å². The Kier molecular flexibility index (Phi) is 6.48. The van der Waals surface area contributed by atoms with Gasteiger partial charge in [0.05, 0.1) is 18.0 Å². The highest BCUT2D eigenvalue weighted by atomic mass is 32.2. The van der Waals surface area contributed by atoms with Gasteiger partial charge >= 0.3 is 0 Å². The molecule has 32 heavy (non-hydrogen) atoms. The summed E-state index contributed by atoms with van der Waals surface area (Å²) in [6, 6.07) is 18.1. The van der Waals surface area contributed by atoms with E-state index in [0.29, 0.717) is 30.5 Å². The molecule has 1 aliphatic heterocycles. The van der Waals surface area contributed by atoms with Crippen LogP contribution in [0, 0.1) is 0 Å². The minimum atomic E-state index is -3.86. The van der Waals surface area contributed by atoms with Gasteiger partial charge in [-0.1, -0.05) is 30.3 Å². The summed E-state index contributed by atoms with van der Waals surface area (Å²) in [6.45, 7) is 0.985.